The molecule has 15 heavy (non-hydrogen) atoms. The van der Waals surface area contributed by atoms with Crippen molar-refractivity contribution in [1.29, 1.82) is 0 Å². The fraction of sp³-hybridized carbons (Fsp3) is 0.750. The van der Waals surface area contributed by atoms with Gasteiger partial charge >= 0.3 is 18.1 Å². The normalized spacial score (nSPS) is 33.8. The first-order chi connectivity index (χ1) is 6.82. The lowest BCUT2D eigenvalue weighted by atomic mass is 10.2. The second-order valence-corrected chi connectivity index (χ2v) is 3.90. The fourth-order valence-electron chi connectivity index (χ4n) is 2.24. The van der Waals surface area contributed by atoms with Crippen molar-refractivity contribution in [3.05, 3.63) is 0 Å². The molecule has 1 unspecified atom stereocenters. The number of nitrogens with zero attached hydrogens (tertiary/aromatic N) is 1. The molecule has 0 radical (unpaired) electrons. The van der Waals surface area contributed by atoms with E-state index < -0.39 is 24.0 Å². The summed E-state index contributed by atoms with van der Waals surface area (Å²) in [7, 11) is 0. The fourth-order valence-corrected chi connectivity index (χ4v) is 2.24. The first-order valence-corrected chi connectivity index (χ1v) is 4.41. The number of rotatable bonds is 1. The van der Waals surface area contributed by atoms with Gasteiger partial charge in [0.2, 0.25) is 0 Å². The predicted octanol–water partition coefficient (Wildman–Crippen LogP) is 0.338. The number of fused-ring (bicyclic) bond motifs is 1. The third-order valence-electron chi connectivity index (χ3n) is 3.01. The zero-order chi connectivity index (χ0) is 11.4. The SMILES string of the molecule is O=C(O)C1[C@H]2CN(C(=O)C(F)(F)F)C[C@@H]12. The van der Waals surface area contributed by atoms with Crippen molar-refractivity contribution in [1.82, 2.24) is 4.90 Å². The third kappa shape index (κ3) is 1.55. The highest BCUT2D eigenvalue weighted by Gasteiger charge is 2.62. The Morgan fingerprint density at radius 1 is 1.20 bits per heavy atom. The quantitative estimate of drug-likeness (QED) is 0.697. The van der Waals surface area contributed by atoms with E-state index in [2.05, 4.69) is 0 Å². The molecule has 84 valence electrons. The Balaban J connectivity index is 1.94. The largest absolute Gasteiger partial charge is 0.481 e. The molecule has 1 aliphatic carbocycles. The van der Waals surface area contributed by atoms with Crippen molar-refractivity contribution in [2.24, 2.45) is 17.8 Å². The topological polar surface area (TPSA) is 57.6 Å². The van der Waals surface area contributed by atoms with Crippen LogP contribution in [-0.2, 0) is 9.59 Å². The number of carboxylic acid groups (broad SMARTS) is 1. The molecule has 1 heterocycles. The molecule has 0 bridgehead atoms. The summed E-state index contributed by atoms with van der Waals surface area (Å²) in [5, 5.41) is 8.62. The maximum Gasteiger partial charge on any atom is 0.471 e. The van der Waals surface area contributed by atoms with Crippen molar-refractivity contribution in [2.45, 2.75) is 6.18 Å². The minimum Gasteiger partial charge on any atom is -0.481 e. The lowest BCUT2D eigenvalue weighted by Crippen LogP contribution is -2.41. The van der Waals surface area contributed by atoms with E-state index in [1.807, 2.05) is 0 Å². The third-order valence-corrected chi connectivity index (χ3v) is 3.01. The van der Waals surface area contributed by atoms with E-state index in [1.54, 1.807) is 0 Å². The summed E-state index contributed by atoms with van der Waals surface area (Å²) in [4.78, 5) is 22.0. The van der Waals surface area contributed by atoms with E-state index in [9.17, 15) is 22.8 Å². The Hall–Kier alpha value is -1.27. The van der Waals surface area contributed by atoms with E-state index in [4.69, 9.17) is 5.11 Å². The van der Waals surface area contributed by atoms with Gasteiger partial charge in [-0.2, -0.15) is 13.2 Å². The molecule has 0 aromatic carbocycles. The standard InChI is InChI=1S/C8H8F3NO3/c9-8(10,11)7(15)12-1-3-4(2-12)5(3)6(13)14/h3-5H,1-2H2,(H,13,14)/t3-,4+,5?. The number of likely N-dealkylation sites (tertiary alicyclic amines) is 1. The summed E-state index contributed by atoms with van der Waals surface area (Å²) in [6, 6.07) is 0. The maximum absolute atomic E-state index is 12.0. The highest BCUT2D eigenvalue weighted by Crippen LogP contribution is 2.52. The molecule has 0 aromatic heterocycles. The molecule has 2 rings (SSSR count). The molecule has 3 atom stereocenters. The van der Waals surface area contributed by atoms with Crippen LogP contribution in [0.5, 0.6) is 0 Å². The lowest BCUT2D eigenvalue weighted by molar-refractivity contribution is -0.185. The Morgan fingerprint density at radius 2 is 1.67 bits per heavy atom. The lowest BCUT2D eigenvalue weighted by Gasteiger charge is -2.20. The number of carboxylic acids is 1. The van der Waals surface area contributed by atoms with Gasteiger partial charge in [0.05, 0.1) is 5.92 Å². The monoisotopic (exact) mass is 223 g/mol. The zero-order valence-corrected chi connectivity index (χ0v) is 7.49. The van der Waals surface area contributed by atoms with Gasteiger partial charge in [0.1, 0.15) is 0 Å². The average molecular weight is 223 g/mol. The minimum atomic E-state index is -4.85. The molecule has 0 spiro atoms. The highest BCUT2D eigenvalue weighted by molar-refractivity contribution is 5.83. The van der Waals surface area contributed by atoms with E-state index in [1.165, 1.54) is 0 Å². The molecular formula is C8H8F3NO3. The molecule has 1 aliphatic heterocycles. The Morgan fingerprint density at radius 3 is 2.00 bits per heavy atom. The van der Waals surface area contributed by atoms with Gasteiger partial charge < -0.3 is 10.0 Å². The van der Waals surface area contributed by atoms with Gasteiger partial charge in [0.15, 0.2) is 0 Å². The maximum atomic E-state index is 12.0. The molecule has 1 saturated carbocycles. The smallest absolute Gasteiger partial charge is 0.471 e. The van der Waals surface area contributed by atoms with Crippen LogP contribution in [0, 0.1) is 17.8 Å². The number of amides is 1. The van der Waals surface area contributed by atoms with Crippen molar-refractivity contribution in [2.75, 3.05) is 13.1 Å². The number of aliphatic carboxylic acids is 1. The van der Waals surface area contributed by atoms with Crippen LogP contribution in [0.2, 0.25) is 0 Å². The molecule has 7 heteroatoms. The molecule has 4 nitrogen and oxygen atoms in total. The van der Waals surface area contributed by atoms with Crippen LogP contribution in [0.3, 0.4) is 0 Å². The Bertz CT molecular complexity index is 316. The second kappa shape index (κ2) is 2.86. The zero-order valence-electron chi connectivity index (χ0n) is 7.49. The molecule has 2 fully saturated rings. The van der Waals surface area contributed by atoms with E-state index in [0.717, 1.165) is 0 Å². The summed E-state index contributed by atoms with van der Waals surface area (Å²) in [6.45, 7) is -0.167. The van der Waals surface area contributed by atoms with Gasteiger partial charge in [-0.1, -0.05) is 0 Å². The summed E-state index contributed by atoms with van der Waals surface area (Å²) in [5.41, 5.74) is 0. The van der Waals surface area contributed by atoms with Crippen LogP contribution in [-0.4, -0.2) is 41.1 Å². The predicted molar refractivity (Wildman–Crippen MR) is 40.7 cm³/mol. The summed E-state index contributed by atoms with van der Waals surface area (Å²) >= 11 is 0. The van der Waals surface area contributed by atoms with E-state index in [-0.39, 0.29) is 24.9 Å². The molecule has 1 N–H and O–H groups in total. The number of piperidine rings is 1. The van der Waals surface area contributed by atoms with Gasteiger partial charge in [-0.05, 0) is 11.8 Å². The Kier molecular flexibility index (Phi) is 1.96. The first-order valence-electron chi connectivity index (χ1n) is 4.41. The van der Waals surface area contributed by atoms with Crippen LogP contribution < -0.4 is 0 Å². The molecule has 1 saturated heterocycles. The molecular weight excluding hydrogens is 215 g/mol. The molecule has 0 aromatic rings. The number of carbonyl (C=O) groups is 2. The van der Waals surface area contributed by atoms with Crippen LogP contribution in [0.25, 0.3) is 0 Å². The number of alkyl halides is 3. The van der Waals surface area contributed by atoms with E-state index in [0.29, 0.717) is 4.90 Å². The van der Waals surface area contributed by atoms with Crippen molar-refractivity contribution in [3.63, 3.8) is 0 Å². The number of hydrogen-bond donors (Lipinski definition) is 1. The first kappa shape index (κ1) is 10.3. The van der Waals surface area contributed by atoms with Gasteiger partial charge in [0, 0.05) is 13.1 Å². The van der Waals surface area contributed by atoms with Gasteiger partial charge in [-0.15, -0.1) is 0 Å². The van der Waals surface area contributed by atoms with Crippen LogP contribution in [0.4, 0.5) is 13.2 Å². The second-order valence-electron chi connectivity index (χ2n) is 3.90. The van der Waals surface area contributed by atoms with Crippen molar-refractivity contribution < 1.29 is 27.9 Å². The number of halogens is 3. The minimum absolute atomic E-state index is 0.0834. The van der Waals surface area contributed by atoms with Gasteiger partial charge in [-0.25, -0.2) is 0 Å². The van der Waals surface area contributed by atoms with Crippen molar-refractivity contribution in [3.8, 4) is 0 Å². The average Bonchev–Trinajstić information content (AvgIpc) is 2.60. The number of hydrogen-bond acceptors (Lipinski definition) is 2. The summed E-state index contributed by atoms with van der Waals surface area (Å²) in [5.74, 6) is -3.96. The van der Waals surface area contributed by atoms with Crippen LogP contribution >= 0.6 is 0 Å². The number of carbonyl (C=O) groups excluding carboxylic acids is 1. The molecule has 2 aliphatic rings. The van der Waals surface area contributed by atoms with E-state index >= 15 is 0 Å². The summed E-state index contributed by atoms with van der Waals surface area (Å²) < 4.78 is 36.0. The van der Waals surface area contributed by atoms with Crippen LogP contribution in [0.15, 0.2) is 0 Å². The van der Waals surface area contributed by atoms with Crippen LogP contribution in [0.1, 0.15) is 0 Å². The van der Waals surface area contributed by atoms with Gasteiger partial charge in [-0.3, -0.25) is 9.59 Å². The summed E-state index contributed by atoms with van der Waals surface area (Å²) in [6.07, 6.45) is -4.85. The molecule has 1 amide bonds. The van der Waals surface area contributed by atoms with Gasteiger partial charge in [0.25, 0.3) is 0 Å². The Labute approximate surface area is 82.7 Å². The highest BCUT2D eigenvalue weighted by atomic mass is 19.4. The van der Waals surface area contributed by atoms with Crippen molar-refractivity contribution >= 4 is 11.9 Å².